The summed E-state index contributed by atoms with van der Waals surface area (Å²) in [5.74, 6) is -2.36. The number of hydrogen-bond acceptors (Lipinski definition) is 4. The molecule has 0 aromatic heterocycles. The van der Waals surface area contributed by atoms with Crippen LogP contribution in [0.25, 0.3) is 0 Å². The van der Waals surface area contributed by atoms with Gasteiger partial charge in [-0.2, -0.15) is 0 Å². The molecular weight excluding hydrogens is 262 g/mol. The van der Waals surface area contributed by atoms with Crippen LogP contribution in [0.15, 0.2) is 0 Å². The first-order valence-electron chi connectivity index (χ1n) is 7.01. The lowest BCUT2D eigenvalue weighted by Gasteiger charge is -2.23. The number of nitrogens with one attached hydrogen (secondary N) is 1. The number of carboxylic acid groups (broad SMARTS) is 1. The highest BCUT2D eigenvalue weighted by molar-refractivity contribution is 5.86. The molecule has 4 atom stereocenters. The van der Waals surface area contributed by atoms with Crippen molar-refractivity contribution in [3.63, 3.8) is 0 Å². The molecule has 1 rings (SSSR count). The Hall–Kier alpha value is -1.59. The van der Waals surface area contributed by atoms with E-state index >= 15 is 0 Å². The van der Waals surface area contributed by atoms with E-state index in [0.717, 1.165) is 6.42 Å². The Balaban J connectivity index is 2.63. The summed E-state index contributed by atoms with van der Waals surface area (Å²) in [5.41, 5.74) is 0. The van der Waals surface area contributed by atoms with Crippen molar-refractivity contribution >= 4 is 17.8 Å². The van der Waals surface area contributed by atoms with Gasteiger partial charge in [-0.05, 0) is 25.2 Å². The summed E-state index contributed by atoms with van der Waals surface area (Å²) in [6, 6.07) is -0.665. The molecule has 114 valence electrons. The van der Waals surface area contributed by atoms with Gasteiger partial charge in [0.25, 0.3) is 0 Å². The molecule has 20 heavy (non-hydrogen) atoms. The number of carboxylic acids is 1. The van der Waals surface area contributed by atoms with Gasteiger partial charge in [-0.25, -0.2) is 4.79 Å². The summed E-state index contributed by atoms with van der Waals surface area (Å²) in [6.45, 7) is 3.80. The van der Waals surface area contributed by atoms with Crippen molar-refractivity contribution in [1.29, 1.82) is 0 Å². The first-order valence-corrected chi connectivity index (χ1v) is 7.01. The quantitative estimate of drug-likeness (QED) is 0.715. The summed E-state index contributed by atoms with van der Waals surface area (Å²) >= 11 is 0. The molecule has 1 fully saturated rings. The molecule has 2 N–H and O–H groups in total. The highest BCUT2D eigenvalue weighted by Crippen LogP contribution is 2.31. The Morgan fingerprint density at radius 3 is 2.35 bits per heavy atom. The first-order chi connectivity index (χ1) is 9.40. The minimum Gasteiger partial charge on any atom is -0.481 e. The third kappa shape index (κ3) is 3.95. The van der Waals surface area contributed by atoms with E-state index in [1.54, 1.807) is 0 Å². The van der Waals surface area contributed by atoms with E-state index in [2.05, 4.69) is 5.32 Å². The minimum absolute atomic E-state index is 0.0249. The zero-order chi connectivity index (χ0) is 15.3. The number of rotatable bonds is 6. The number of esters is 1. The molecule has 1 amide bonds. The molecule has 0 heterocycles. The molecule has 0 radical (unpaired) electrons. The van der Waals surface area contributed by atoms with Crippen LogP contribution in [-0.2, 0) is 19.1 Å². The van der Waals surface area contributed by atoms with Crippen LogP contribution in [0.3, 0.4) is 0 Å². The van der Waals surface area contributed by atoms with Crippen LogP contribution in [0.2, 0.25) is 0 Å². The van der Waals surface area contributed by atoms with E-state index in [9.17, 15) is 14.4 Å². The van der Waals surface area contributed by atoms with Gasteiger partial charge in [0.05, 0.1) is 13.0 Å². The topological polar surface area (TPSA) is 92.7 Å². The van der Waals surface area contributed by atoms with Gasteiger partial charge < -0.3 is 15.2 Å². The van der Waals surface area contributed by atoms with E-state index in [-0.39, 0.29) is 17.7 Å². The number of methoxy groups -OCH3 is 1. The summed E-state index contributed by atoms with van der Waals surface area (Å²) in [5, 5.41) is 11.7. The third-order valence-electron chi connectivity index (χ3n) is 4.12. The molecule has 6 heteroatoms. The van der Waals surface area contributed by atoms with Gasteiger partial charge >= 0.3 is 11.9 Å². The summed E-state index contributed by atoms with van der Waals surface area (Å²) in [4.78, 5) is 34.8. The molecule has 0 saturated heterocycles. The first kappa shape index (κ1) is 16.5. The Morgan fingerprint density at radius 2 is 1.90 bits per heavy atom. The van der Waals surface area contributed by atoms with Gasteiger partial charge in [0.1, 0.15) is 6.04 Å². The van der Waals surface area contributed by atoms with Gasteiger partial charge in [-0.1, -0.05) is 20.3 Å². The summed E-state index contributed by atoms with van der Waals surface area (Å²) in [6.07, 6.45) is 2.15. The summed E-state index contributed by atoms with van der Waals surface area (Å²) < 4.78 is 4.71. The molecule has 0 bridgehead atoms. The fraction of sp³-hybridized carbons (Fsp3) is 0.786. The predicted octanol–water partition coefficient (Wildman–Crippen LogP) is 1.19. The maximum atomic E-state index is 12.2. The van der Waals surface area contributed by atoms with Crippen molar-refractivity contribution in [2.75, 3.05) is 7.11 Å². The predicted molar refractivity (Wildman–Crippen MR) is 71.9 cm³/mol. The van der Waals surface area contributed by atoms with Crippen LogP contribution < -0.4 is 5.32 Å². The molecule has 1 saturated carbocycles. The Labute approximate surface area is 118 Å². The van der Waals surface area contributed by atoms with E-state index < -0.39 is 23.9 Å². The van der Waals surface area contributed by atoms with Gasteiger partial charge in [-0.15, -0.1) is 0 Å². The second-order valence-corrected chi connectivity index (χ2v) is 5.44. The van der Waals surface area contributed by atoms with Gasteiger partial charge in [0, 0.05) is 5.92 Å². The van der Waals surface area contributed by atoms with Crippen molar-refractivity contribution in [2.45, 2.75) is 45.6 Å². The molecule has 1 aliphatic carbocycles. The normalized spacial score (nSPS) is 24.8. The van der Waals surface area contributed by atoms with Crippen molar-refractivity contribution in [3.05, 3.63) is 0 Å². The van der Waals surface area contributed by atoms with E-state index in [1.165, 1.54) is 7.11 Å². The number of amides is 1. The largest absolute Gasteiger partial charge is 0.481 e. The van der Waals surface area contributed by atoms with Crippen molar-refractivity contribution < 1.29 is 24.2 Å². The van der Waals surface area contributed by atoms with Crippen LogP contribution in [0.1, 0.15) is 39.5 Å². The molecule has 1 aliphatic rings. The standard InChI is InChI=1S/C14H23NO5/c1-4-8(2)11(14(19)20-3)15-12(16)9-5-6-10(7-9)13(17)18/h8-11H,4-7H2,1-3H3,(H,15,16)(H,17,18). The van der Waals surface area contributed by atoms with E-state index in [0.29, 0.717) is 19.3 Å². The van der Waals surface area contributed by atoms with Crippen LogP contribution in [0.5, 0.6) is 0 Å². The molecule has 0 aromatic carbocycles. The van der Waals surface area contributed by atoms with Crippen molar-refractivity contribution in [3.8, 4) is 0 Å². The second-order valence-electron chi connectivity index (χ2n) is 5.44. The highest BCUT2D eigenvalue weighted by Gasteiger charge is 2.36. The van der Waals surface area contributed by atoms with Gasteiger partial charge in [0.15, 0.2) is 0 Å². The van der Waals surface area contributed by atoms with Gasteiger partial charge in [0.2, 0.25) is 5.91 Å². The number of ether oxygens (including phenoxy) is 1. The molecule has 0 aromatic rings. The maximum Gasteiger partial charge on any atom is 0.328 e. The second kappa shape index (κ2) is 7.26. The Bertz CT molecular complexity index is 382. The highest BCUT2D eigenvalue weighted by atomic mass is 16.5. The third-order valence-corrected chi connectivity index (χ3v) is 4.12. The SMILES string of the molecule is CCC(C)C(NC(=O)C1CCC(C(=O)O)C1)C(=O)OC. The molecule has 6 nitrogen and oxygen atoms in total. The van der Waals surface area contributed by atoms with E-state index in [1.807, 2.05) is 13.8 Å². The monoisotopic (exact) mass is 285 g/mol. The van der Waals surface area contributed by atoms with Crippen LogP contribution in [-0.4, -0.2) is 36.1 Å². The lowest BCUT2D eigenvalue weighted by Crippen LogP contribution is -2.47. The smallest absolute Gasteiger partial charge is 0.328 e. The molecule has 4 unspecified atom stereocenters. The maximum absolute atomic E-state index is 12.2. The van der Waals surface area contributed by atoms with Crippen molar-refractivity contribution in [1.82, 2.24) is 5.32 Å². The Kier molecular flexibility index (Phi) is 5.98. The minimum atomic E-state index is -0.855. The Morgan fingerprint density at radius 1 is 1.30 bits per heavy atom. The fourth-order valence-corrected chi connectivity index (χ4v) is 2.51. The van der Waals surface area contributed by atoms with Gasteiger partial charge in [-0.3, -0.25) is 9.59 Å². The van der Waals surface area contributed by atoms with Crippen molar-refractivity contribution in [2.24, 2.45) is 17.8 Å². The number of aliphatic carboxylic acids is 1. The molecule has 0 aliphatic heterocycles. The lowest BCUT2D eigenvalue weighted by molar-refractivity contribution is -0.147. The zero-order valence-electron chi connectivity index (χ0n) is 12.2. The number of hydrogen-bond donors (Lipinski definition) is 2. The zero-order valence-corrected chi connectivity index (χ0v) is 12.2. The molecule has 0 spiro atoms. The fourth-order valence-electron chi connectivity index (χ4n) is 2.51. The average molecular weight is 285 g/mol. The van der Waals surface area contributed by atoms with Crippen LogP contribution in [0, 0.1) is 17.8 Å². The lowest BCUT2D eigenvalue weighted by atomic mass is 9.97. The van der Waals surface area contributed by atoms with Crippen LogP contribution >= 0.6 is 0 Å². The summed E-state index contributed by atoms with van der Waals surface area (Å²) in [7, 11) is 1.29. The number of carbonyl (C=O) groups excluding carboxylic acids is 2. The van der Waals surface area contributed by atoms with E-state index in [4.69, 9.17) is 9.84 Å². The van der Waals surface area contributed by atoms with Crippen LogP contribution in [0.4, 0.5) is 0 Å². The number of carbonyl (C=O) groups is 3. The average Bonchev–Trinajstić information content (AvgIpc) is 2.92. The molecular formula is C14H23NO5.